The van der Waals surface area contributed by atoms with Gasteiger partial charge in [-0.3, -0.25) is 9.89 Å². The van der Waals surface area contributed by atoms with Crippen LogP contribution in [0.15, 0.2) is 78.9 Å². The number of hydrogen-bond donors (Lipinski definition) is 5. The number of para-hydroxylation sites is 1. The molecule has 36 heavy (non-hydrogen) atoms. The number of H-pyrrole nitrogens is 1. The maximum Gasteiger partial charge on any atom is 0.332 e. The summed E-state index contributed by atoms with van der Waals surface area (Å²) in [7, 11) is 0. The Morgan fingerprint density at radius 2 is 1.72 bits per heavy atom. The number of phenolic OH excluding ortho intramolecular Hbond substituents is 1. The Morgan fingerprint density at radius 3 is 2.42 bits per heavy atom. The first-order chi connectivity index (χ1) is 17.3. The highest BCUT2D eigenvalue weighted by Gasteiger charge is 2.23. The van der Waals surface area contributed by atoms with E-state index < -0.39 is 24.0 Å². The third-order valence-corrected chi connectivity index (χ3v) is 5.96. The highest BCUT2D eigenvalue weighted by molar-refractivity contribution is 6.30. The lowest BCUT2D eigenvalue weighted by atomic mass is 9.97. The summed E-state index contributed by atoms with van der Waals surface area (Å²) in [5, 5.41) is 39.3. The largest absolute Gasteiger partial charge is 0.507 e. The standard InChI is InChI=1S/C27H24ClN3O5/c28-19-5-3-4-18(13-19)17-10-8-16(9-11-17)12-20(14-25(33)27(35)36)29-26(34)23-15-22(30-31-23)21-6-1-2-7-24(21)32/h1-11,13,15,20,25,32-33H,12,14H2,(H,29,34)(H,30,31)(H,35,36)/t20-,25-/m1/s1. The van der Waals surface area contributed by atoms with Crippen LogP contribution >= 0.6 is 11.6 Å². The number of aromatic amines is 1. The molecular weight excluding hydrogens is 482 g/mol. The lowest BCUT2D eigenvalue weighted by Crippen LogP contribution is -2.40. The summed E-state index contributed by atoms with van der Waals surface area (Å²) < 4.78 is 0. The van der Waals surface area contributed by atoms with E-state index in [4.69, 9.17) is 11.6 Å². The number of amides is 1. The Labute approximate surface area is 212 Å². The number of nitrogens with one attached hydrogen (secondary N) is 2. The highest BCUT2D eigenvalue weighted by Crippen LogP contribution is 2.27. The molecule has 0 aliphatic carbocycles. The third-order valence-electron chi connectivity index (χ3n) is 5.72. The van der Waals surface area contributed by atoms with E-state index in [1.54, 1.807) is 24.3 Å². The fourth-order valence-corrected chi connectivity index (χ4v) is 4.07. The van der Waals surface area contributed by atoms with Crippen LogP contribution in [0.5, 0.6) is 5.75 Å². The van der Waals surface area contributed by atoms with Crippen LogP contribution in [0.3, 0.4) is 0 Å². The smallest absolute Gasteiger partial charge is 0.332 e. The number of aliphatic carboxylic acids is 1. The first kappa shape index (κ1) is 25.0. The van der Waals surface area contributed by atoms with Gasteiger partial charge in [-0.15, -0.1) is 0 Å². The number of aromatic nitrogens is 2. The second kappa shape index (κ2) is 11.1. The van der Waals surface area contributed by atoms with Crippen LogP contribution in [-0.4, -0.2) is 49.5 Å². The molecule has 0 saturated heterocycles. The molecule has 4 rings (SSSR count). The number of halogens is 1. The van der Waals surface area contributed by atoms with E-state index in [1.807, 2.05) is 42.5 Å². The molecule has 2 atom stereocenters. The van der Waals surface area contributed by atoms with Gasteiger partial charge in [0.05, 0.1) is 5.69 Å². The molecule has 0 radical (unpaired) electrons. The minimum absolute atomic E-state index is 0.0274. The molecule has 0 bridgehead atoms. The predicted molar refractivity (Wildman–Crippen MR) is 136 cm³/mol. The molecule has 0 aliphatic rings. The number of nitrogens with zero attached hydrogens (tertiary/aromatic N) is 1. The van der Waals surface area contributed by atoms with Crippen molar-refractivity contribution in [1.82, 2.24) is 15.5 Å². The minimum atomic E-state index is -1.64. The fourth-order valence-electron chi connectivity index (χ4n) is 3.88. The molecule has 0 fully saturated rings. The summed E-state index contributed by atoms with van der Waals surface area (Å²) in [6.07, 6.45) is -1.52. The number of benzene rings is 3. The van der Waals surface area contributed by atoms with Gasteiger partial charge in [0.2, 0.25) is 0 Å². The van der Waals surface area contributed by atoms with Crippen LogP contribution in [0.4, 0.5) is 0 Å². The fraction of sp³-hybridized carbons (Fsp3) is 0.148. The number of aromatic hydroxyl groups is 1. The first-order valence-corrected chi connectivity index (χ1v) is 11.6. The third kappa shape index (κ3) is 6.10. The van der Waals surface area contributed by atoms with Gasteiger partial charge in [-0.2, -0.15) is 5.10 Å². The Balaban J connectivity index is 1.50. The Bertz CT molecular complexity index is 1370. The number of carbonyl (C=O) groups is 2. The maximum atomic E-state index is 12.9. The van der Waals surface area contributed by atoms with Gasteiger partial charge in [-0.25, -0.2) is 4.79 Å². The molecule has 5 N–H and O–H groups in total. The second-order valence-corrected chi connectivity index (χ2v) is 8.79. The van der Waals surface area contributed by atoms with Gasteiger partial charge in [0, 0.05) is 23.0 Å². The van der Waals surface area contributed by atoms with E-state index in [0.29, 0.717) is 22.7 Å². The Hall–Kier alpha value is -4.14. The highest BCUT2D eigenvalue weighted by atomic mass is 35.5. The molecular formula is C27H24ClN3O5. The zero-order chi connectivity index (χ0) is 25.7. The van der Waals surface area contributed by atoms with Crippen molar-refractivity contribution in [1.29, 1.82) is 0 Å². The molecule has 0 saturated carbocycles. The summed E-state index contributed by atoms with van der Waals surface area (Å²) in [6.45, 7) is 0. The van der Waals surface area contributed by atoms with Crippen molar-refractivity contribution >= 4 is 23.5 Å². The van der Waals surface area contributed by atoms with Crippen LogP contribution in [-0.2, 0) is 11.2 Å². The summed E-state index contributed by atoms with van der Waals surface area (Å²) >= 11 is 6.08. The minimum Gasteiger partial charge on any atom is -0.507 e. The van der Waals surface area contributed by atoms with E-state index in [1.165, 1.54) is 12.1 Å². The van der Waals surface area contributed by atoms with Gasteiger partial charge in [-0.05, 0) is 53.4 Å². The average Bonchev–Trinajstić information content (AvgIpc) is 3.35. The van der Waals surface area contributed by atoms with Crippen LogP contribution < -0.4 is 5.32 Å². The average molecular weight is 506 g/mol. The van der Waals surface area contributed by atoms with Gasteiger partial charge in [0.1, 0.15) is 11.4 Å². The molecule has 8 nitrogen and oxygen atoms in total. The normalized spacial score (nSPS) is 12.6. The molecule has 0 aliphatic heterocycles. The molecule has 184 valence electrons. The van der Waals surface area contributed by atoms with Crippen LogP contribution in [0.25, 0.3) is 22.4 Å². The van der Waals surface area contributed by atoms with Crippen LogP contribution in [0, 0.1) is 0 Å². The van der Waals surface area contributed by atoms with Crippen molar-refractivity contribution in [3.8, 4) is 28.1 Å². The van der Waals surface area contributed by atoms with E-state index in [2.05, 4.69) is 15.5 Å². The number of aliphatic hydroxyl groups excluding tert-OH is 1. The van der Waals surface area contributed by atoms with Gasteiger partial charge in [-0.1, -0.05) is 60.1 Å². The van der Waals surface area contributed by atoms with E-state index in [0.717, 1.165) is 16.7 Å². The first-order valence-electron chi connectivity index (χ1n) is 11.2. The topological polar surface area (TPSA) is 136 Å². The van der Waals surface area contributed by atoms with Crippen molar-refractivity contribution in [2.45, 2.75) is 25.0 Å². The summed E-state index contributed by atoms with van der Waals surface area (Å²) in [5.41, 5.74) is 3.76. The number of phenols is 1. The van der Waals surface area contributed by atoms with Gasteiger partial charge < -0.3 is 20.6 Å². The number of aliphatic hydroxyl groups is 1. The van der Waals surface area contributed by atoms with Crippen molar-refractivity contribution in [3.05, 3.63) is 95.1 Å². The van der Waals surface area contributed by atoms with Crippen molar-refractivity contribution in [3.63, 3.8) is 0 Å². The molecule has 1 aromatic heterocycles. The summed E-state index contributed by atoms with van der Waals surface area (Å²) in [5.74, 6) is -1.85. The molecule has 3 aromatic carbocycles. The molecule has 9 heteroatoms. The van der Waals surface area contributed by atoms with E-state index >= 15 is 0 Å². The van der Waals surface area contributed by atoms with Gasteiger partial charge in [0.15, 0.2) is 6.10 Å². The number of carboxylic acids is 1. The summed E-state index contributed by atoms with van der Waals surface area (Å²) in [4.78, 5) is 24.2. The lowest BCUT2D eigenvalue weighted by Gasteiger charge is -2.20. The number of rotatable bonds is 9. The number of carbonyl (C=O) groups excluding carboxylic acids is 1. The number of carboxylic acid groups (broad SMARTS) is 1. The quantitative estimate of drug-likeness (QED) is 0.230. The molecule has 1 heterocycles. The van der Waals surface area contributed by atoms with Gasteiger partial charge in [0.25, 0.3) is 5.91 Å². The SMILES string of the molecule is O=C(N[C@H](Cc1ccc(-c2cccc(Cl)c2)cc1)C[C@@H](O)C(=O)O)c1cc(-c2ccccc2O)n[nH]1. The Kier molecular flexibility index (Phi) is 7.68. The summed E-state index contributed by atoms with van der Waals surface area (Å²) in [6, 6.07) is 22.5. The number of hydrogen-bond acceptors (Lipinski definition) is 5. The monoisotopic (exact) mass is 505 g/mol. The van der Waals surface area contributed by atoms with Crippen LogP contribution in [0.2, 0.25) is 5.02 Å². The molecule has 0 spiro atoms. The second-order valence-electron chi connectivity index (χ2n) is 8.36. The molecule has 4 aromatic rings. The van der Waals surface area contributed by atoms with Crippen molar-refractivity contribution in [2.75, 3.05) is 0 Å². The maximum absolute atomic E-state index is 12.9. The lowest BCUT2D eigenvalue weighted by molar-refractivity contribution is -0.147. The van der Waals surface area contributed by atoms with E-state index in [9.17, 15) is 24.9 Å². The Morgan fingerprint density at radius 1 is 0.972 bits per heavy atom. The van der Waals surface area contributed by atoms with Crippen LogP contribution in [0.1, 0.15) is 22.5 Å². The van der Waals surface area contributed by atoms with Crippen molar-refractivity contribution < 1.29 is 24.9 Å². The predicted octanol–water partition coefficient (Wildman–Crippen LogP) is 4.28. The van der Waals surface area contributed by atoms with Crippen molar-refractivity contribution in [2.24, 2.45) is 0 Å². The van der Waals surface area contributed by atoms with Gasteiger partial charge >= 0.3 is 5.97 Å². The molecule has 1 amide bonds. The molecule has 0 unspecified atom stereocenters. The zero-order valence-corrected chi connectivity index (χ0v) is 19.8. The zero-order valence-electron chi connectivity index (χ0n) is 19.1. The van der Waals surface area contributed by atoms with E-state index in [-0.39, 0.29) is 17.9 Å².